The fourth-order valence-corrected chi connectivity index (χ4v) is 5.17. The van der Waals surface area contributed by atoms with E-state index in [2.05, 4.69) is 4.98 Å². The highest BCUT2D eigenvalue weighted by Gasteiger charge is 2.65. The van der Waals surface area contributed by atoms with Crippen LogP contribution in [-0.4, -0.2) is 51.5 Å². The number of pyridine rings is 1. The number of nitrogens with one attached hydrogen (secondary N) is 1. The van der Waals surface area contributed by atoms with Gasteiger partial charge < -0.3 is 19.5 Å². The van der Waals surface area contributed by atoms with Gasteiger partial charge in [0.05, 0.1) is 19.0 Å². The fourth-order valence-electron chi connectivity index (χ4n) is 5.17. The molecule has 7 heteroatoms. The summed E-state index contributed by atoms with van der Waals surface area (Å²) in [7, 11) is 0. The van der Waals surface area contributed by atoms with Crippen molar-refractivity contribution >= 4 is 11.8 Å². The highest BCUT2D eigenvalue weighted by molar-refractivity contribution is 5.96. The largest absolute Gasteiger partial charge is 0.343 e. The number of aromatic nitrogens is 1. The van der Waals surface area contributed by atoms with Crippen LogP contribution >= 0.6 is 0 Å². The molecule has 3 atom stereocenters. The summed E-state index contributed by atoms with van der Waals surface area (Å²) >= 11 is 0. The lowest BCUT2D eigenvalue weighted by atomic mass is 10.0. The zero-order chi connectivity index (χ0) is 20.3. The van der Waals surface area contributed by atoms with E-state index < -0.39 is 5.72 Å². The molecule has 2 amide bonds. The summed E-state index contributed by atoms with van der Waals surface area (Å²) in [6.45, 7) is 4.51. The van der Waals surface area contributed by atoms with E-state index in [0.717, 1.165) is 5.56 Å². The second-order valence-electron chi connectivity index (χ2n) is 8.17. The number of aromatic amines is 1. The van der Waals surface area contributed by atoms with Crippen molar-refractivity contribution in [3.8, 4) is 0 Å². The van der Waals surface area contributed by atoms with E-state index in [9.17, 15) is 14.4 Å². The minimum absolute atomic E-state index is 0.000434. The maximum atomic E-state index is 13.3. The van der Waals surface area contributed by atoms with Gasteiger partial charge in [-0.15, -0.1) is 0 Å². The summed E-state index contributed by atoms with van der Waals surface area (Å²) in [5.74, 6) is -0.326. The SMILES string of the molecule is Cc1cc(C)c(C(=O)N2CC[C@@]34O[C@@H](c5ccccc5)CN3C(=O)C[C@@H]24)c(=O)[nH]1. The second-order valence-corrected chi connectivity index (χ2v) is 8.17. The Morgan fingerprint density at radius 2 is 1.97 bits per heavy atom. The molecule has 3 aliphatic heterocycles. The Labute approximate surface area is 168 Å². The number of H-pyrrole nitrogens is 1. The van der Waals surface area contributed by atoms with Gasteiger partial charge in [0.2, 0.25) is 5.91 Å². The Hall–Kier alpha value is -2.93. The highest BCUT2D eigenvalue weighted by atomic mass is 16.5. The van der Waals surface area contributed by atoms with Crippen LogP contribution in [0, 0.1) is 13.8 Å². The molecule has 0 radical (unpaired) electrons. The van der Waals surface area contributed by atoms with Crippen LogP contribution in [0.2, 0.25) is 0 Å². The molecule has 3 aliphatic rings. The maximum Gasteiger partial charge on any atom is 0.261 e. The monoisotopic (exact) mass is 393 g/mol. The standard InChI is InChI=1S/C22H23N3O4/c1-13-10-14(2)23-20(27)19(13)21(28)24-9-8-22-17(24)11-18(26)25(22)12-16(29-22)15-6-4-3-5-7-15/h3-7,10,16-17H,8-9,11-12H2,1-2H3,(H,23,27)/t16-,17-,22+/m1/s1. The number of nitrogens with zero attached hydrogens (tertiary/aromatic N) is 2. The molecule has 7 nitrogen and oxygen atoms in total. The van der Waals surface area contributed by atoms with E-state index in [-0.39, 0.29) is 41.5 Å². The molecule has 1 aromatic carbocycles. The van der Waals surface area contributed by atoms with Crippen molar-refractivity contribution in [2.45, 2.75) is 44.6 Å². The molecule has 3 fully saturated rings. The number of likely N-dealkylation sites (tertiary alicyclic amines) is 1. The number of hydrogen-bond donors (Lipinski definition) is 1. The van der Waals surface area contributed by atoms with Crippen molar-refractivity contribution in [3.05, 3.63) is 69.1 Å². The van der Waals surface area contributed by atoms with Gasteiger partial charge in [-0.2, -0.15) is 0 Å². The molecule has 1 aromatic heterocycles. The Morgan fingerprint density at radius 1 is 1.21 bits per heavy atom. The predicted octanol–water partition coefficient (Wildman–Crippen LogP) is 1.91. The smallest absolute Gasteiger partial charge is 0.261 e. The van der Waals surface area contributed by atoms with E-state index in [1.807, 2.05) is 30.3 Å². The first-order valence-electron chi connectivity index (χ1n) is 9.95. The predicted molar refractivity (Wildman–Crippen MR) is 105 cm³/mol. The van der Waals surface area contributed by atoms with Crippen LogP contribution in [0.25, 0.3) is 0 Å². The number of hydrogen-bond acceptors (Lipinski definition) is 4. The van der Waals surface area contributed by atoms with Gasteiger partial charge in [0.25, 0.3) is 11.5 Å². The van der Waals surface area contributed by atoms with Crippen molar-refractivity contribution in [3.63, 3.8) is 0 Å². The summed E-state index contributed by atoms with van der Waals surface area (Å²) in [5.41, 5.74) is 1.36. The summed E-state index contributed by atoms with van der Waals surface area (Å²) < 4.78 is 6.47. The Balaban J connectivity index is 1.48. The molecular formula is C22H23N3O4. The van der Waals surface area contributed by atoms with E-state index >= 15 is 0 Å². The van der Waals surface area contributed by atoms with Crippen molar-refractivity contribution in [1.29, 1.82) is 0 Å². The third-order valence-electron chi connectivity index (χ3n) is 6.44. The Morgan fingerprint density at radius 3 is 2.69 bits per heavy atom. The van der Waals surface area contributed by atoms with Crippen LogP contribution in [0.3, 0.4) is 0 Å². The lowest BCUT2D eigenvalue weighted by molar-refractivity contribution is -0.138. The molecule has 3 saturated heterocycles. The van der Waals surface area contributed by atoms with Gasteiger partial charge in [-0.05, 0) is 31.0 Å². The molecule has 0 aliphatic carbocycles. The normalized spacial score (nSPS) is 28.0. The van der Waals surface area contributed by atoms with Crippen LogP contribution in [0.4, 0.5) is 0 Å². The molecule has 1 N–H and O–H groups in total. The second kappa shape index (κ2) is 6.29. The van der Waals surface area contributed by atoms with Crippen LogP contribution in [0.15, 0.2) is 41.2 Å². The molecule has 0 bridgehead atoms. The Bertz CT molecular complexity index is 1060. The van der Waals surface area contributed by atoms with Gasteiger partial charge in [-0.25, -0.2) is 0 Å². The van der Waals surface area contributed by atoms with Crippen LogP contribution in [0.1, 0.15) is 46.1 Å². The first kappa shape index (κ1) is 18.1. The van der Waals surface area contributed by atoms with Crippen molar-refractivity contribution in [2.24, 2.45) is 0 Å². The molecule has 2 aromatic rings. The number of amides is 2. The lowest BCUT2D eigenvalue weighted by Gasteiger charge is -2.32. The van der Waals surface area contributed by atoms with Gasteiger partial charge in [0.15, 0.2) is 5.72 Å². The molecular weight excluding hydrogens is 370 g/mol. The van der Waals surface area contributed by atoms with Gasteiger partial charge in [0, 0.05) is 18.7 Å². The molecule has 150 valence electrons. The van der Waals surface area contributed by atoms with Crippen LogP contribution in [-0.2, 0) is 9.53 Å². The minimum atomic E-state index is -0.793. The summed E-state index contributed by atoms with van der Waals surface area (Å²) in [6.07, 6.45) is 0.583. The van der Waals surface area contributed by atoms with Crippen LogP contribution < -0.4 is 5.56 Å². The van der Waals surface area contributed by atoms with E-state index in [1.165, 1.54) is 0 Å². The fraction of sp³-hybridized carbons (Fsp3) is 0.409. The van der Waals surface area contributed by atoms with Crippen molar-refractivity contribution in [2.75, 3.05) is 13.1 Å². The average molecular weight is 393 g/mol. The van der Waals surface area contributed by atoms with Gasteiger partial charge in [0.1, 0.15) is 11.7 Å². The number of benzene rings is 1. The number of aryl methyl sites for hydroxylation is 2. The van der Waals surface area contributed by atoms with Crippen molar-refractivity contribution < 1.29 is 14.3 Å². The number of ether oxygens (including phenoxy) is 1. The van der Waals surface area contributed by atoms with E-state index in [0.29, 0.717) is 30.8 Å². The average Bonchev–Trinajstić information content (AvgIpc) is 3.30. The number of carbonyl (C=O) groups excluding carboxylic acids is 2. The molecule has 0 unspecified atom stereocenters. The van der Waals surface area contributed by atoms with Crippen molar-refractivity contribution in [1.82, 2.24) is 14.8 Å². The van der Waals surface area contributed by atoms with Gasteiger partial charge in [-0.3, -0.25) is 14.4 Å². The van der Waals surface area contributed by atoms with Gasteiger partial charge in [-0.1, -0.05) is 30.3 Å². The molecule has 1 spiro atoms. The Kier molecular flexibility index (Phi) is 3.93. The third kappa shape index (κ3) is 2.57. The first-order chi connectivity index (χ1) is 13.9. The zero-order valence-electron chi connectivity index (χ0n) is 16.5. The summed E-state index contributed by atoms with van der Waals surface area (Å²) in [4.78, 5) is 44.7. The molecule has 5 rings (SSSR count). The molecule has 4 heterocycles. The first-order valence-corrected chi connectivity index (χ1v) is 9.95. The molecule has 0 saturated carbocycles. The lowest BCUT2D eigenvalue weighted by Crippen LogP contribution is -2.49. The topological polar surface area (TPSA) is 82.7 Å². The summed E-state index contributed by atoms with van der Waals surface area (Å²) in [6, 6.07) is 11.3. The minimum Gasteiger partial charge on any atom is -0.343 e. The number of rotatable bonds is 2. The quantitative estimate of drug-likeness (QED) is 0.845. The number of carbonyl (C=O) groups is 2. The van der Waals surface area contributed by atoms with E-state index in [4.69, 9.17) is 4.74 Å². The molecule has 29 heavy (non-hydrogen) atoms. The van der Waals surface area contributed by atoms with E-state index in [1.54, 1.807) is 29.7 Å². The van der Waals surface area contributed by atoms with Gasteiger partial charge >= 0.3 is 0 Å². The zero-order valence-corrected chi connectivity index (χ0v) is 16.5. The van der Waals surface area contributed by atoms with Crippen LogP contribution in [0.5, 0.6) is 0 Å². The summed E-state index contributed by atoms with van der Waals surface area (Å²) in [5, 5.41) is 0. The highest BCUT2D eigenvalue weighted by Crippen LogP contribution is 2.50. The third-order valence-corrected chi connectivity index (χ3v) is 6.44. The maximum absolute atomic E-state index is 13.3.